The molecule has 0 bridgehead atoms. The Bertz CT molecular complexity index is 1020. The van der Waals surface area contributed by atoms with Crippen molar-refractivity contribution >= 4 is 11.7 Å². The number of nitrogen functional groups attached to an aromatic ring is 1. The number of hydrogen-bond acceptors (Lipinski definition) is 5. The number of hydrogen-bond donors (Lipinski definition) is 2. The minimum absolute atomic E-state index is 0.207. The molecule has 1 aromatic heterocycles. The van der Waals surface area contributed by atoms with Crippen LogP contribution in [0.5, 0.6) is 0 Å². The molecule has 142 valence electrons. The first kappa shape index (κ1) is 18.1. The van der Waals surface area contributed by atoms with Crippen molar-refractivity contribution in [1.82, 2.24) is 14.9 Å². The van der Waals surface area contributed by atoms with Crippen LogP contribution in [0, 0.1) is 5.82 Å². The molecule has 1 aliphatic heterocycles. The summed E-state index contributed by atoms with van der Waals surface area (Å²) in [6, 6.07) is 11.5. The third-order valence-corrected chi connectivity index (χ3v) is 4.80. The molecular formula is C21H19FN4O2. The summed E-state index contributed by atoms with van der Waals surface area (Å²) in [6.07, 6.45) is 3.02. The van der Waals surface area contributed by atoms with Crippen LogP contribution < -0.4 is 5.73 Å². The number of carbonyl (C=O) groups excluding carboxylic acids is 1. The number of anilines is 1. The van der Waals surface area contributed by atoms with Gasteiger partial charge in [-0.05, 0) is 35.7 Å². The van der Waals surface area contributed by atoms with Crippen LogP contribution in [0.25, 0.3) is 22.4 Å². The van der Waals surface area contributed by atoms with E-state index in [1.54, 1.807) is 35.4 Å². The predicted octanol–water partition coefficient (Wildman–Crippen LogP) is 2.74. The first-order valence-corrected chi connectivity index (χ1v) is 8.96. The topological polar surface area (TPSA) is 92.3 Å². The Hall–Kier alpha value is -3.32. The molecule has 0 aliphatic carbocycles. The average molecular weight is 378 g/mol. The lowest BCUT2D eigenvalue weighted by atomic mass is 9.95. The third-order valence-electron chi connectivity index (χ3n) is 4.80. The molecule has 1 aliphatic rings. The minimum Gasteiger partial charge on any atom is -0.391 e. The van der Waals surface area contributed by atoms with Gasteiger partial charge in [0.2, 0.25) is 0 Å². The molecule has 6 nitrogen and oxygen atoms in total. The van der Waals surface area contributed by atoms with E-state index in [-0.39, 0.29) is 18.3 Å². The molecule has 2 aromatic carbocycles. The van der Waals surface area contributed by atoms with E-state index in [0.29, 0.717) is 46.7 Å². The predicted molar refractivity (Wildman–Crippen MR) is 104 cm³/mol. The van der Waals surface area contributed by atoms with E-state index in [1.807, 2.05) is 6.07 Å². The second-order valence-corrected chi connectivity index (χ2v) is 6.79. The second kappa shape index (κ2) is 7.36. The van der Waals surface area contributed by atoms with Gasteiger partial charge in [0.05, 0.1) is 24.2 Å². The summed E-state index contributed by atoms with van der Waals surface area (Å²) < 4.78 is 13.8. The maximum atomic E-state index is 13.8. The molecule has 3 N–H and O–H groups in total. The number of benzene rings is 2. The van der Waals surface area contributed by atoms with Crippen molar-refractivity contribution < 1.29 is 14.3 Å². The van der Waals surface area contributed by atoms with Crippen molar-refractivity contribution in [2.24, 2.45) is 0 Å². The normalized spacial score (nSPS) is 16.4. The van der Waals surface area contributed by atoms with Crippen LogP contribution in [0.2, 0.25) is 0 Å². The summed E-state index contributed by atoms with van der Waals surface area (Å²) in [4.78, 5) is 23.1. The number of nitrogens with two attached hydrogens (primary N) is 1. The van der Waals surface area contributed by atoms with E-state index < -0.39 is 6.10 Å². The Morgan fingerprint density at radius 2 is 2.00 bits per heavy atom. The van der Waals surface area contributed by atoms with E-state index in [0.717, 1.165) is 0 Å². The van der Waals surface area contributed by atoms with Crippen molar-refractivity contribution in [3.63, 3.8) is 0 Å². The number of aromatic nitrogens is 2. The SMILES string of the molecule is Nc1cnc(-c2ccc(-c3cccc(F)c3)c(C(=O)N3CC[C@@H](O)C3)c2)cn1. The standard InChI is InChI=1S/C21H19FN4O2/c22-15-3-1-2-13(8-15)17-5-4-14(19-10-25-20(23)11-24-19)9-18(17)21(28)26-7-6-16(27)12-26/h1-5,8-11,16,27H,6-7,12H2,(H2,23,25)/t16-/m1/s1. The number of aliphatic hydroxyl groups is 1. The van der Waals surface area contributed by atoms with Crippen LogP contribution in [0.15, 0.2) is 54.9 Å². The fraction of sp³-hybridized carbons (Fsp3) is 0.190. The molecule has 1 atom stereocenters. The van der Waals surface area contributed by atoms with Gasteiger partial charge in [0.25, 0.3) is 5.91 Å². The number of β-amino-alcohol motifs (C(OH)–C–C–N with tert-alkyl or cyclic N) is 1. The highest BCUT2D eigenvalue weighted by molar-refractivity contribution is 6.02. The van der Waals surface area contributed by atoms with Gasteiger partial charge in [0.1, 0.15) is 11.6 Å². The average Bonchev–Trinajstić information content (AvgIpc) is 3.14. The summed E-state index contributed by atoms with van der Waals surface area (Å²) in [7, 11) is 0. The molecule has 1 saturated heterocycles. The molecule has 28 heavy (non-hydrogen) atoms. The van der Waals surface area contributed by atoms with Crippen LogP contribution in [0.4, 0.5) is 10.2 Å². The van der Waals surface area contributed by atoms with Gasteiger partial charge in [0.15, 0.2) is 0 Å². The van der Waals surface area contributed by atoms with Crippen molar-refractivity contribution in [2.45, 2.75) is 12.5 Å². The summed E-state index contributed by atoms with van der Waals surface area (Å²) >= 11 is 0. The number of nitrogens with zero attached hydrogens (tertiary/aromatic N) is 3. The van der Waals surface area contributed by atoms with E-state index in [2.05, 4.69) is 9.97 Å². The fourth-order valence-electron chi connectivity index (χ4n) is 3.37. The summed E-state index contributed by atoms with van der Waals surface area (Å²) in [6.45, 7) is 0.766. The van der Waals surface area contributed by atoms with Crippen molar-refractivity contribution in [3.8, 4) is 22.4 Å². The Labute approximate surface area is 161 Å². The zero-order valence-corrected chi connectivity index (χ0v) is 15.0. The first-order chi connectivity index (χ1) is 13.5. The molecule has 0 unspecified atom stereocenters. The van der Waals surface area contributed by atoms with Crippen LogP contribution in [-0.2, 0) is 0 Å². The quantitative estimate of drug-likeness (QED) is 0.731. The molecule has 1 amide bonds. The van der Waals surface area contributed by atoms with E-state index in [9.17, 15) is 14.3 Å². The number of amides is 1. The summed E-state index contributed by atoms with van der Waals surface area (Å²) in [5, 5.41) is 9.80. The third kappa shape index (κ3) is 3.57. The van der Waals surface area contributed by atoms with Gasteiger partial charge in [0, 0.05) is 24.2 Å². The molecular weight excluding hydrogens is 359 g/mol. The Kier molecular flexibility index (Phi) is 4.75. The largest absolute Gasteiger partial charge is 0.391 e. The van der Waals surface area contributed by atoms with Crippen LogP contribution >= 0.6 is 0 Å². The molecule has 7 heteroatoms. The van der Waals surface area contributed by atoms with Gasteiger partial charge in [-0.25, -0.2) is 9.37 Å². The van der Waals surface area contributed by atoms with E-state index in [4.69, 9.17) is 5.73 Å². The first-order valence-electron chi connectivity index (χ1n) is 8.96. The lowest BCUT2D eigenvalue weighted by molar-refractivity contribution is 0.0766. The number of aliphatic hydroxyl groups excluding tert-OH is 1. The highest BCUT2D eigenvalue weighted by Crippen LogP contribution is 2.30. The number of halogens is 1. The van der Waals surface area contributed by atoms with Gasteiger partial charge in [-0.15, -0.1) is 0 Å². The minimum atomic E-state index is -0.521. The second-order valence-electron chi connectivity index (χ2n) is 6.79. The summed E-state index contributed by atoms with van der Waals surface area (Å²) in [5.74, 6) is -0.274. The van der Waals surface area contributed by atoms with Crippen LogP contribution in [0.1, 0.15) is 16.8 Å². The molecule has 3 aromatic rings. The van der Waals surface area contributed by atoms with Crippen molar-refractivity contribution in [1.29, 1.82) is 0 Å². The Balaban J connectivity index is 1.81. The highest BCUT2D eigenvalue weighted by atomic mass is 19.1. The maximum absolute atomic E-state index is 13.8. The van der Waals surface area contributed by atoms with Gasteiger partial charge in [-0.3, -0.25) is 9.78 Å². The van der Waals surface area contributed by atoms with Gasteiger partial charge < -0.3 is 15.7 Å². The molecule has 0 radical (unpaired) electrons. The zero-order valence-electron chi connectivity index (χ0n) is 15.0. The Morgan fingerprint density at radius 3 is 2.68 bits per heavy atom. The zero-order chi connectivity index (χ0) is 19.7. The Morgan fingerprint density at radius 1 is 1.14 bits per heavy atom. The lowest BCUT2D eigenvalue weighted by Crippen LogP contribution is -2.30. The van der Waals surface area contributed by atoms with Crippen LogP contribution in [0.3, 0.4) is 0 Å². The van der Waals surface area contributed by atoms with E-state index in [1.165, 1.54) is 18.3 Å². The van der Waals surface area contributed by atoms with Gasteiger partial charge in [-0.2, -0.15) is 0 Å². The lowest BCUT2D eigenvalue weighted by Gasteiger charge is -2.19. The van der Waals surface area contributed by atoms with Gasteiger partial charge >= 0.3 is 0 Å². The molecule has 2 heterocycles. The highest BCUT2D eigenvalue weighted by Gasteiger charge is 2.27. The number of carbonyl (C=O) groups is 1. The summed E-state index contributed by atoms with van der Waals surface area (Å²) in [5.41, 5.74) is 8.54. The number of rotatable bonds is 3. The van der Waals surface area contributed by atoms with Crippen LogP contribution in [-0.4, -0.2) is 45.1 Å². The molecule has 4 rings (SSSR count). The molecule has 0 saturated carbocycles. The van der Waals surface area contributed by atoms with Gasteiger partial charge in [-0.1, -0.05) is 24.3 Å². The van der Waals surface area contributed by atoms with Crippen molar-refractivity contribution in [3.05, 3.63) is 66.2 Å². The number of likely N-dealkylation sites (tertiary alicyclic amines) is 1. The molecule has 0 spiro atoms. The smallest absolute Gasteiger partial charge is 0.254 e. The maximum Gasteiger partial charge on any atom is 0.254 e. The van der Waals surface area contributed by atoms with Crippen molar-refractivity contribution in [2.75, 3.05) is 18.8 Å². The van der Waals surface area contributed by atoms with E-state index >= 15 is 0 Å². The fourth-order valence-corrected chi connectivity index (χ4v) is 3.37. The molecule has 1 fully saturated rings. The monoisotopic (exact) mass is 378 g/mol.